The summed E-state index contributed by atoms with van der Waals surface area (Å²) < 4.78 is 5.28. The maximum absolute atomic E-state index is 5.28. The predicted molar refractivity (Wildman–Crippen MR) is 110 cm³/mol. The van der Waals surface area contributed by atoms with Crippen molar-refractivity contribution in [2.75, 3.05) is 38.7 Å². The molecule has 6 nitrogen and oxygen atoms in total. The molecule has 1 atom stereocenters. The Labute approximate surface area is 164 Å². The Balaban J connectivity index is 1.81. The Morgan fingerprint density at radius 1 is 1.41 bits per heavy atom. The zero-order valence-corrected chi connectivity index (χ0v) is 17.0. The molecule has 2 aromatic heterocycles. The van der Waals surface area contributed by atoms with E-state index in [1.807, 2.05) is 12.3 Å². The number of nitrogens with zero attached hydrogens (tertiary/aromatic N) is 3. The van der Waals surface area contributed by atoms with Crippen LogP contribution >= 0.6 is 11.3 Å². The van der Waals surface area contributed by atoms with E-state index < -0.39 is 0 Å². The Kier molecular flexibility index (Phi) is 5.43. The molecule has 0 saturated carbocycles. The molecule has 2 aliphatic rings. The van der Waals surface area contributed by atoms with Gasteiger partial charge in [0.1, 0.15) is 10.7 Å². The zero-order chi connectivity index (χ0) is 18.8. The van der Waals surface area contributed by atoms with Crippen molar-refractivity contribution in [3.63, 3.8) is 0 Å². The third kappa shape index (κ3) is 3.72. The van der Waals surface area contributed by atoms with Crippen LogP contribution in [0.25, 0.3) is 11.9 Å². The molecule has 2 aromatic rings. The summed E-state index contributed by atoms with van der Waals surface area (Å²) in [4.78, 5) is 12.2. The van der Waals surface area contributed by atoms with Crippen molar-refractivity contribution < 1.29 is 4.74 Å². The number of methoxy groups -OCH3 is 1. The molecule has 144 valence electrons. The second kappa shape index (κ2) is 7.96. The topological polar surface area (TPSA) is 62.3 Å². The lowest BCUT2D eigenvalue weighted by Gasteiger charge is -2.36. The van der Waals surface area contributed by atoms with Crippen LogP contribution in [-0.4, -0.2) is 54.3 Å². The first kappa shape index (κ1) is 18.4. The van der Waals surface area contributed by atoms with Gasteiger partial charge in [0.2, 0.25) is 0 Å². The average molecular weight is 386 g/mol. The second-order valence-electron chi connectivity index (χ2n) is 7.34. The van der Waals surface area contributed by atoms with Crippen LogP contribution in [0.2, 0.25) is 0 Å². The second-order valence-corrected chi connectivity index (χ2v) is 8.37. The highest BCUT2D eigenvalue weighted by Gasteiger charge is 2.27. The van der Waals surface area contributed by atoms with Crippen LogP contribution < -0.4 is 21.2 Å². The SMILES string of the molecule is COCCC1CN(C2=c3ncccc3=CNc3sc(C(C)C)nc32)CCN1. The minimum atomic E-state index is 0.408. The summed E-state index contributed by atoms with van der Waals surface area (Å²) in [7, 11) is 1.76. The van der Waals surface area contributed by atoms with E-state index in [2.05, 4.69) is 41.6 Å². The summed E-state index contributed by atoms with van der Waals surface area (Å²) in [5, 5.41) is 11.5. The van der Waals surface area contributed by atoms with Crippen molar-refractivity contribution in [1.29, 1.82) is 0 Å². The molecule has 0 bridgehead atoms. The van der Waals surface area contributed by atoms with E-state index in [-0.39, 0.29) is 0 Å². The largest absolute Gasteiger partial charge is 0.385 e. The quantitative estimate of drug-likeness (QED) is 0.809. The van der Waals surface area contributed by atoms with E-state index in [0.29, 0.717) is 12.0 Å². The first-order chi connectivity index (χ1) is 13.2. The van der Waals surface area contributed by atoms with Gasteiger partial charge in [-0.2, -0.15) is 0 Å². The number of aromatic nitrogens is 2. The van der Waals surface area contributed by atoms with Crippen LogP contribution in [0.15, 0.2) is 18.3 Å². The Bertz CT molecular complexity index is 923. The average Bonchev–Trinajstić information content (AvgIpc) is 3.04. The van der Waals surface area contributed by atoms with Crippen molar-refractivity contribution in [3.05, 3.63) is 39.6 Å². The first-order valence-corrected chi connectivity index (χ1v) is 10.4. The van der Waals surface area contributed by atoms with E-state index >= 15 is 0 Å². The van der Waals surface area contributed by atoms with E-state index in [4.69, 9.17) is 14.7 Å². The molecular formula is C20H27N5OS. The summed E-state index contributed by atoms with van der Waals surface area (Å²) in [5.74, 6) is 0.408. The molecule has 7 heteroatoms. The first-order valence-electron chi connectivity index (χ1n) is 9.58. The number of rotatable bonds is 5. The highest BCUT2D eigenvalue weighted by molar-refractivity contribution is 7.16. The molecule has 1 fully saturated rings. The number of thiazole rings is 1. The van der Waals surface area contributed by atoms with Crippen LogP contribution in [0.3, 0.4) is 0 Å². The van der Waals surface area contributed by atoms with E-state index in [9.17, 15) is 0 Å². The fraction of sp³-hybridized carbons (Fsp3) is 0.500. The minimum absolute atomic E-state index is 0.408. The Morgan fingerprint density at radius 3 is 3.11 bits per heavy atom. The van der Waals surface area contributed by atoms with Crippen molar-refractivity contribution in [3.8, 4) is 0 Å². The van der Waals surface area contributed by atoms with Gasteiger partial charge < -0.3 is 20.3 Å². The monoisotopic (exact) mass is 385 g/mol. The van der Waals surface area contributed by atoms with Gasteiger partial charge >= 0.3 is 0 Å². The normalized spacial score (nSPS) is 19.2. The highest BCUT2D eigenvalue weighted by atomic mass is 32.1. The molecule has 1 saturated heterocycles. The molecule has 4 heterocycles. The van der Waals surface area contributed by atoms with Gasteiger partial charge in [0.15, 0.2) is 0 Å². The van der Waals surface area contributed by atoms with Crippen molar-refractivity contribution in [2.24, 2.45) is 0 Å². The molecule has 2 aliphatic heterocycles. The zero-order valence-electron chi connectivity index (χ0n) is 16.2. The summed E-state index contributed by atoms with van der Waals surface area (Å²) in [6.45, 7) is 7.99. The lowest BCUT2D eigenvalue weighted by molar-refractivity contribution is 0.166. The fourth-order valence-corrected chi connectivity index (χ4v) is 4.55. The lowest BCUT2D eigenvalue weighted by Crippen LogP contribution is -2.52. The number of piperazine rings is 1. The fourth-order valence-electron chi connectivity index (χ4n) is 3.61. The number of hydrogen-bond acceptors (Lipinski definition) is 7. The summed E-state index contributed by atoms with van der Waals surface area (Å²) in [5.41, 5.74) is 2.18. The molecule has 4 rings (SSSR count). The van der Waals surface area contributed by atoms with Gasteiger partial charge in [0, 0.05) is 62.9 Å². The summed E-state index contributed by atoms with van der Waals surface area (Å²) >= 11 is 1.75. The Hall–Kier alpha value is -1.96. The number of anilines is 1. The molecule has 27 heavy (non-hydrogen) atoms. The number of fused-ring (bicyclic) bond motifs is 2. The Morgan fingerprint density at radius 2 is 2.30 bits per heavy atom. The maximum Gasteiger partial charge on any atom is 0.124 e. The van der Waals surface area contributed by atoms with Gasteiger partial charge in [0.05, 0.1) is 16.1 Å². The summed E-state index contributed by atoms with van der Waals surface area (Å²) in [6, 6.07) is 4.50. The molecule has 1 unspecified atom stereocenters. The van der Waals surface area contributed by atoms with Gasteiger partial charge in [-0.05, 0) is 18.6 Å². The predicted octanol–water partition coefficient (Wildman–Crippen LogP) is 1.29. The van der Waals surface area contributed by atoms with Gasteiger partial charge in [-0.25, -0.2) is 4.98 Å². The summed E-state index contributed by atoms with van der Waals surface area (Å²) in [6.07, 6.45) is 4.93. The molecule has 0 aromatic carbocycles. The highest BCUT2D eigenvalue weighted by Crippen LogP contribution is 2.34. The van der Waals surface area contributed by atoms with Crippen molar-refractivity contribution in [2.45, 2.75) is 32.2 Å². The third-order valence-electron chi connectivity index (χ3n) is 5.03. The van der Waals surface area contributed by atoms with Crippen LogP contribution in [0.4, 0.5) is 5.00 Å². The minimum Gasteiger partial charge on any atom is -0.385 e. The molecular weight excluding hydrogens is 358 g/mol. The van der Waals surface area contributed by atoms with Crippen LogP contribution in [0.1, 0.15) is 36.9 Å². The standard InChI is InChI=1S/C20H27N5OS/c1-13(2)19-24-17-18(25-9-8-21-15(12-25)6-10-26-3)16-14(5-4-7-22-16)11-23-20(17)27-19/h4-5,7,11,13,15,21,23H,6,8-10,12H2,1-3H3. The van der Waals surface area contributed by atoms with E-state index in [1.54, 1.807) is 18.4 Å². The number of pyridine rings is 1. The number of nitrogens with one attached hydrogen (secondary N) is 2. The van der Waals surface area contributed by atoms with Gasteiger partial charge in [-0.3, -0.25) is 4.98 Å². The smallest absolute Gasteiger partial charge is 0.124 e. The number of hydrogen-bond donors (Lipinski definition) is 2. The van der Waals surface area contributed by atoms with Crippen molar-refractivity contribution in [1.82, 2.24) is 20.2 Å². The third-order valence-corrected chi connectivity index (χ3v) is 6.31. The van der Waals surface area contributed by atoms with Crippen LogP contribution in [-0.2, 0) is 4.74 Å². The van der Waals surface area contributed by atoms with E-state index in [0.717, 1.165) is 64.6 Å². The van der Waals surface area contributed by atoms with Crippen LogP contribution in [0, 0.1) is 0 Å². The number of ether oxygens (including phenoxy) is 1. The van der Waals surface area contributed by atoms with E-state index in [1.165, 1.54) is 0 Å². The van der Waals surface area contributed by atoms with Gasteiger partial charge in [-0.1, -0.05) is 13.8 Å². The molecule has 0 amide bonds. The maximum atomic E-state index is 5.28. The van der Waals surface area contributed by atoms with Gasteiger partial charge in [-0.15, -0.1) is 11.3 Å². The van der Waals surface area contributed by atoms with Gasteiger partial charge in [0.25, 0.3) is 0 Å². The molecule has 2 N–H and O–H groups in total. The lowest BCUT2D eigenvalue weighted by atomic mass is 10.1. The van der Waals surface area contributed by atoms with Crippen molar-refractivity contribution >= 4 is 28.2 Å². The molecule has 0 spiro atoms. The molecule has 0 aliphatic carbocycles. The van der Waals surface area contributed by atoms with Crippen LogP contribution in [0.5, 0.6) is 0 Å². The molecule has 0 radical (unpaired) electrons.